The van der Waals surface area contributed by atoms with Gasteiger partial charge in [-0.2, -0.15) is 13.2 Å². The minimum absolute atomic E-state index is 0.0988. The van der Waals surface area contributed by atoms with Crippen LogP contribution in [0, 0.1) is 5.92 Å². The number of rotatable bonds is 5. The molecule has 2 unspecified atom stereocenters. The van der Waals surface area contributed by atoms with E-state index < -0.39 is 12.7 Å². The van der Waals surface area contributed by atoms with E-state index in [-0.39, 0.29) is 17.9 Å². The zero-order valence-corrected chi connectivity index (χ0v) is 11.9. The van der Waals surface area contributed by atoms with Crippen LogP contribution < -0.4 is 10.6 Å². The molecule has 0 aliphatic carbocycles. The van der Waals surface area contributed by atoms with Gasteiger partial charge in [-0.25, -0.2) is 0 Å². The van der Waals surface area contributed by atoms with Gasteiger partial charge in [0.25, 0.3) is 0 Å². The van der Waals surface area contributed by atoms with Gasteiger partial charge >= 0.3 is 6.18 Å². The van der Waals surface area contributed by atoms with E-state index in [9.17, 15) is 18.0 Å². The number of amides is 1. The smallest absolute Gasteiger partial charge is 0.375 e. The standard InChI is InChI=1S/C13H22F3N3O2/c14-13(15,16)9-19-3-1-10(8-19)6-18-12(20)5-11-7-17-2-4-21-11/h10-11,17H,1-9H2,(H,18,20). The van der Waals surface area contributed by atoms with E-state index in [1.54, 1.807) is 0 Å². The van der Waals surface area contributed by atoms with Gasteiger partial charge in [-0.05, 0) is 18.9 Å². The molecule has 0 saturated carbocycles. The Morgan fingerprint density at radius 3 is 2.90 bits per heavy atom. The number of alkyl halides is 3. The molecule has 2 aliphatic heterocycles. The summed E-state index contributed by atoms with van der Waals surface area (Å²) in [5.41, 5.74) is 0. The zero-order valence-electron chi connectivity index (χ0n) is 11.9. The molecular formula is C13H22F3N3O2. The maximum Gasteiger partial charge on any atom is 0.401 e. The third-order valence-electron chi connectivity index (χ3n) is 3.78. The number of carbonyl (C=O) groups is 1. The molecule has 122 valence electrons. The van der Waals surface area contributed by atoms with Gasteiger partial charge in [0.15, 0.2) is 0 Å². The molecule has 2 aliphatic rings. The minimum atomic E-state index is -4.15. The second-order valence-corrected chi connectivity index (χ2v) is 5.71. The monoisotopic (exact) mass is 309 g/mol. The number of likely N-dealkylation sites (tertiary alicyclic amines) is 1. The molecule has 0 radical (unpaired) electrons. The Hall–Kier alpha value is -0.860. The third kappa shape index (κ3) is 6.19. The molecule has 2 fully saturated rings. The molecule has 0 aromatic heterocycles. The van der Waals surface area contributed by atoms with Gasteiger partial charge in [0.1, 0.15) is 0 Å². The van der Waals surface area contributed by atoms with Crippen LogP contribution in [-0.2, 0) is 9.53 Å². The van der Waals surface area contributed by atoms with Gasteiger partial charge < -0.3 is 15.4 Å². The van der Waals surface area contributed by atoms with Crippen molar-refractivity contribution in [1.82, 2.24) is 15.5 Å². The van der Waals surface area contributed by atoms with Crippen molar-refractivity contribution in [1.29, 1.82) is 0 Å². The van der Waals surface area contributed by atoms with Crippen molar-refractivity contribution >= 4 is 5.91 Å². The van der Waals surface area contributed by atoms with Gasteiger partial charge in [-0.3, -0.25) is 9.69 Å². The molecule has 5 nitrogen and oxygen atoms in total. The second-order valence-electron chi connectivity index (χ2n) is 5.71. The van der Waals surface area contributed by atoms with E-state index in [2.05, 4.69) is 10.6 Å². The molecule has 8 heteroatoms. The number of nitrogens with zero attached hydrogens (tertiary/aromatic N) is 1. The first-order chi connectivity index (χ1) is 9.92. The third-order valence-corrected chi connectivity index (χ3v) is 3.78. The van der Waals surface area contributed by atoms with E-state index in [0.717, 1.165) is 6.54 Å². The molecule has 2 heterocycles. The lowest BCUT2D eigenvalue weighted by Crippen LogP contribution is -2.42. The second kappa shape index (κ2) is 7.42. The number of ether oxygens (including phenoxy) is 1. The maximum atomic E-state index is 12.3. The first kappa shape index (κ1) is 16.5. The van der Waals surface area contributed by atoms with Crippen LogP contribution in [0.15, 0.2) is 0 Å². The van der Waals surface area contributed by atoms with Crippen LogP contribution in [0.25, 0.3) is 0 Å². The Labute approximate surface area is 122 Å². The van der Waals surface area contributed by atoms with Crippen LogP contribution in [0.1, 0.15) is 12.8 Å². The van der Waals surface area contributed by atoms with E-state index in [0.29, 0.717) is 45.6 Å². The Kier molecular flexibility index (Phi) is 5.83. The van der Waals surface area contributed by atoms with Crippen LogP contribution in [-0.4, -0.2) is 69.0 Å². The van der Waals surface area contributed by atoms with Crippen LogP contribution in [0.2, 0.25) is 0 Å². The summed E-state index contributed by atoms with van der Waals surface area (Å²) in [6.07, 6.45) is -3.27. The minimum Gasteiger partial charge on any atom is -0.375 e. The van der Waals surface area contributed by atoms with Gasteiger partial charge in [-0.1, -0.05) is 0 Å². The molecule has 2 N–H and O–H groups in total. The van der Waals surface area contributed by atoms with Crippen molar-refractivity contribution in [2.75, 3.05) is 45.9 Å². The molecular weight excluding hydrogens is 287 g/mol. The predicted molar refractivity (Wildman–Crippen MR) is 70.8 cm³/mol. The summed E-state index contributed by atoms with van der Waals surface area (Å²) in [4.78, 5) is 13.2. The topological polar surface area (TPSA) is 53.6 Å². The lowest BCUT2D eigenvalue weighted by molar-refractivity contribution is -0.143. The fraction of sp³-hybridized carbons (Fsp3) is 0.923. The van der Waals surface area contributed by atoms with E-state index in [4.69, 9.17) is 4.74 Å². The van der Waals surface area contributed by atoms with Crippen molar-refractivity contribution in [2.45, 2.75) is 25.1 Å². The van der Waals surface area contributed by atoms with Gasteiger partial charge in [0.05, 0.1) is 25.7 Å². The van der Waals surface area contributed by atoms with Gasteiger partial charge in [-0.15, -0.1) is 0 Å². The number of halogens is 3. The summed E-state index contributed by atoms with van der Waals surface area (Å²) >= 11 is 0. The molecule has 21 heavy (non-hydrogen) atoms. The lowest BCUT2D eigenvalue weighted by atomic mass is 10.1. The fourth-order valence-corrected chi connectivity index (χ4v) is 2.76. The van der Waals surface area contributed by atoms with Crippen molar-refractivity contribution in [3.05, 3.63) is 0 Å². The summed E-state index contributed by atoms with van der Waals surface area (Å²) in [6.45, 7) is 2.47. The highest BCUT2D eigenvalue weighted by molar-refractivity contribution is 5.76. The number of hydrogen-bond acceptors (Lipinski definition) is 4. The Morgan fingerprint density at radius 2 is 2.24 bits per heavy atom. The number of morpholine rings is 1. The Bertz CT molecular complexity index is 346. The SMILES string of the molecule is O=C(CC1CNCCO1)NCC1CCN(CC(F)(F)F)C1. The van der Waals surface area contributed by atoms with Crippen molar-refractivity contribution in [3.8, 4) is 0 Å². The Morgan fingerprint density at radius 1 is 1.43 bits per heavy atom. The largest absolute Gasteiger partial charge is 0.401 e. The number of nitrogens with one attached hydrogen (secondary N) is 2. The van der Waals surface area contributed by atoms with E-state index in [1.165, 1.54) is 4.90 Å². The number of carbonyl (C=O) groups excluding carboxylic acids is 1. The van der Waals surface area contributed by atoms with Crippen LogP contribution in [0.5, 0.6) is 0 Å². The summed E-state index contributed by atoms with van der Waals surface area (Å²) in [5, 5.41) is 5.95. The quantitative estimate of drug-likeness (QED) is 0.770. The molecule has 0 aromatic carbocycles. The van der Waals surface area contributed by atoms with E-state index in [1.807, 2.05) is 0 Å². The molecule has 1 amide bonds. The highest BCUT2D eigenvalue weighted by Crippen LogP contribution is 2.22. The molecule has 2 atom stereocenters. The van der Waals surface area contributed by atoms with Crippen LogP contribution >= 0.6 is 0 Å². The average Bonchev–Trinajstić information content (AvgIpc) is 2.83. The normalized spacial score (nSPS) is 27.8. The molecule has 0 bridgehead atoms. The summed E-state index contributed by atoms with van der Waals surface area (Å²) in [5.74, 6) is -0.000305. The molecule has 0 aromatic rings. The number of hydrogen-bond donors (Lipinski definition) is 2. The van der Waals surface area contributed by atoms with E-state index >= 15 is 0 Å². The van der Waals surface area contributed by atoms with Gasteiger partial charge in [0.2, 0.25) is 5.91 Å². The van der Waals surface area contributed by atoms with Crippen molar-refractivity contribution in [2.24, 2.45) is 5.92 Å². The fourth-order valence-electron chi connectivity index (χ4n) is 2.76. The molecule has 2 rings (SSSR count). The highest BCUT2D eigenvalue weighted by Gasteiger charge is 2.34. The molecule has 2 saturated heterocycles. The summed E-state index contributed by atoms with van der Waals surface area (Å²) < 4.78 is 42.3. The van der Waals surface area contributed by atoms with Crippen LogP contribution in [0.3, 0.4) is 0 Å². The van der Waals surface area contributed by atoms with Crippen molar-refractivity contribution in [3.63, 3.8) is 0 Å². The summed E-state index contributed by atoms with van der Waals surface area (Å²) in [7, 11) is 0. The van der Waals surface area contributed by atoms with Crippen molar-refractivity contribution < 1.29 is 22.7 Å². The highest BCUT2D eigenvalue weighted by atomic mass is 19.4. The molecule has 0 spiro atoms. The Balaban J connectivity index is 1.61. The predicted octanol–water partition coefficient (Wildman–Crippen LogP) is 0.365. The average molecular weight is 309 g/mol. The first-order valence-electron chi connectivity index (χ1n) is 7.30. The van der Waals surface area contributed by atoms with Gasteiger partial charge in [0, 0.05) is 26.2 Å². The lowest BCUT2D eigenvalue weighted by Gasteiger charge is -2.23. The first-order valence-corrected chi connectivity index (χ1v) is 7.30. The maximum absolute atomic E-state index is 12.3. The summed E-state index contributed by atoms with van der Waals surface area (Å²) in [6, 6.07) is 0. The zero-order chi connectivity index (χ0) is 15.3. The van der Waals surface area contributed by atoms with Crippen LogP contribution in [0.4, 0.5) is 13.2 Å².